The van der Waals surface area contributed by atoms with Crippen LogP contribution in [0.25, 0.3) is 11.0 Å². The standard InChI is InChI=1S/C17H17N3O6/c1-8-12(15(22)23)17(2,13(16(24)25)11(7-21)20(8)3)9-5-4-6-10-14(9)19-26-18-10/h4-6,21H,7H2,1-3H3,(H,22,23)(H,24,25). The minimum atomic E-state index is -1.58. The van der Waals surface area contributed by atoms with E-state index < -0.39 is 24.0 Å². The first-order valence-electron chi connectivity index (χ1n) is 7.73. The van der Waals surface area contributed by atoms with Crippen LogP contribution in [0.4, 0.5) is 0 Å². The van der Waals surface area contributed by atoms with E-state index in [2.05, 4.69) is 10.3 Å². The van der Waals surface area contributed by atoms with Crippen molar-refractivity contribution in [1.82, 2.24) is 15.2 Å². The van der Waals surface area contributed by atoms with Gasteiger partial charge < -0.3 is 20.2 Å². The van der Waals surface area contributed by atoms with Gasteiger partial charge in [0.25, 0.3) is 0 Å². The van der Waals surface area contributed by atoms with E-state index in [0.717, 1.165) is 0 Å². The third-order valence-corrected chi connectivity index (χ3v) is 4.96. The highest BCUT2D eigenvalue weighted by Gasteiger charge is 2.50. The van der Waals surface area contributed by atoms with E-state index in [1.165, 1.54) is 18.9 Å². The lowest BCUT2D eigenvalue weighted by Crippen LogP contribution is -2.44. The number of aliphatic hydroxyl groups is 1. The van der Waals surface area contributed by atoms with E-state index in [-0.39, 0.29) is 22.4 Å². The predicted octanol–water partition coefficient (Wildman–Crippen LogP) is 1.12. The summed E-state index contributed by atoms with van der Waals surface area (Å²) in [5, 5.41) is 37.1. The van der Waals surface area contributed by atoms with Gasteiger partial charge in [0.05, 0.1) is 28.9 Å². The van der Waals surface area contributed by atoms with Crippen LogP contribution < -0.4 is 0 Å². The number of allylic oxidation sites excluding steroid dienone is 1. The SMILES string of the molecule is CC1=C(C(=O)O)C(C)(c2cccc3nonc23)C(C(=O)O)=C(CO)N1C. The molecule has 1 aliphatic rings. The quantitative estimate of drug-likeness (QED) is 0.733. The molecule has 0 spiro atoms. The second kappa shape index (κ2) is 5.95. The first-order valence-corrected chi connectivity index (χ1v) is 7.73. The minimum Gasteiger partial charge on any atom is -0.478 e. The molecule has 1 aliphatic heterocycles. The maximum absolute atomic E-state index is 12.1. The van der Waals surface area contributed by atoms with Gasteiger partial charge >= 0.3 is 11.9 Å². The van der Waals surface area contributed by atoms with Gasteiger partial charge in [0.1, 0.15) is 11.0 Å². The van der Waals surface area contributed by atoms with Gasteiger partial charge in [-0.15, -0.1) is 0 Å². The molecule has 136 valence electrons. The molecule has 0 radical (unpaired) electrons. The molecule has 1 atom stereocenters. The Balaban J connectivity index is 2.49. The molecule has 9 nitrogen and oxygen atoms in total. The van der Waals surface area contributed by atoms with Crippen molar-refractivity contribution < 1.29 is 29.5 Å². The lowest BCUT2D eigenvalue weighted by Gasteiger charge is -2.41. The molecule has 1 aromatic carbocycles. The molecule has 2 heterocycles. The van der Waals surface area contributed by atoms with E-state index in [1.807, 2.05) is 0 Å². The van der Waals surface area contributed by atoms with E-state index in [0.29, 0.717) is 16.8 Å². The van der Waals surface area contributed by atoms with Crippen molar-refractivity contribution in [2.75, 3.05) is 13.7 Å². The Kier molecular flexibility index (Phi) is 4.03. The fourth-order valence-electron chi connectivity index (χ4n) is 3.68. The highest BCUT2D eigenvalue weighted by molar-refractivity contribution is 6.02. The number of hydrogen-bond donors (Lipinski definition) is 3. The zero-order valence-corrected chi connectivity index (χ0v) is 14.3. The number of rotatable bonds is 4. The molecule has 0 fully saturated rings. The first-order chi connectivity index (χ1) is 12.2. The summed E-state index contributed by atoms with van der Waals surface area (Å²) in [5.74, 6) is -2.59. The Labute approximate surface area is 147 Å². The molecule has 9 heteroatoms. The minimum absolute atomic E-state index is 0.107. The highest BCUT2D eigenvalue weighted by atomic mass is 16.6. The lowest BCUT2D eigenvalue weighted by atomic mass is 9.66. The van der Waals surface area contributed by atoms with Gasteiger partial charge in [-0.2, -0.15) is 0 Å². The summed E-state index contributed by atoms with van der Waals surface area (Å²) < 4.78 is 4.75. The summed E-state index contributed by atoms with van der Waals surface area (Å²) in [6.45, 7) is 2.50. The summed E-state index contributed by atoms with van der Waals surface area (Å²) >= 11 is 0. The van der Waals surface area contributed by atoms with Crippen molar-refractivity contribution in [3.05, 3.63) is 46.3 Å². The van der Waals surface area contributed by atoms with Crippen LogP contribution in [-0.2, 0) is 15.0 Å². The van der Waals surface area contributed by atoms with Crippen LogP contribution in [0.2, 0.25) is 0 Å². The number of aromatic nitrogens is 2. The molecule has 3 N–H and O–H groups in total. The van der Waals surface area contributed by atoms with Gasteiger partial charge in [0.15, 0.2) is 0 Å². The molecular formula is C17H17N3O6. The Bertz CT molecular complexity index is 989. The van der Waals surface area contributed by atoms with Crippen LogP contribution in [-0.4, -0.2) is 56.1 Å². The monoisotopic (exact) mass is 359 g/mol. The van der Waals surface area contributed by atoms with Gasteiger partial charge in [0, 0.05) is 12.7 Å². The molecule has 0 aliphatic carbocycles. The Morgan fingerprint density at radius 2 is 1.85 bits per heavy atom. The molecular weight excluding hydrogens is 342 g/mol. The number of likely N-dealkylation sites (N-methyl/N-ethyl adjacent to an activating group) is 1. The van der Waals surface area contributed by atoms with Crippen molar-refractivity contribution in [3.63, 3.8) is 0 Å². The average molecular weight is 359 g/mol. The van der Waals surface area contributed by atoms with Crippen LogP contribution in [0, 0.1) is 0 Å². The molecule has 0 bridgehead atoms. The normalized spacial score (nSPS) is 20.8. The number of carbonyl (C=O) groups is 2. The number of hydrogen-bond acceptors (Lipinski definition) is 7. The van der Waals surface area contributed by atoms with Crippen molar-refractivity contribution in [2.24, 2.45) is 0 Å². The first kappa shape index (κ1) is 17.6. The third-order valence-electron chi connectivity index (χ3n) is 4.96. The zero-order valence-electron chi connectivity index (χ0n) is 14.3. The Hall–Kier alpha value is -3.20. The van der Waals surface area contributed by atoms with Crippen LogP contribution in [0.1, 0.15) is 19.4 Å². The van der Waals surface area contributed by atoms with Crippen molar-refractivity contribution in [1.29, 1.82) is 0 Å². The number of aliphatic hydroxyl groups excluding tert-OH is 1. The average Bonchev–Trinajstić information content (AvgIpc) is 3.05. The fraction of sp³-hybridized carbons (Fsp3) is 0.294. The van der Waals surface area contributed by atoms with E-state index in [9.17, 15) is 24.9 Å². The highest BCUT2D eigenvalue weighted by Crippen LogP contribution is 2.48. The maximum Gasteiger partial charge on any atom is 0.334 e. The second-order valence-electron chi connectivity index (χ2n) is 6.17. The molecule has 1 aromatic heterocycles. The number of fused-ring (bicyclic) bond motifs is 1. The summed E-state index contributed by atoms with van der Waals surface area (Å²) in [7, 11) is 1.52. The molecule has 0 saturated heterocycles. The smallest absolute Gasteiger partial charge is 0.334 e. The third kappa shape index (κ3) is 2.21. The Morgan fingerprint density at radius 3 is 2.42 bits per heavy atom. The molecule has 0 amide bonds. The van der Waals surface area contributed by atoms with Gasteiger partial charge in [0.2, 0.25) is 0 Å². The lowest BCUT2D eigenvalue weighted by molar-refractivity contribution is -0.134. The van der Waals surface area contributed by atoms with Crippen LogP contribution in [0.3, 0.4) is 0 Å². The van der Waals surface area contributed by atoms with E-state index >= 15 is 0 Å². The summed E-state index contributed by atoms with van der Waals surface area (Å²) in [6.07, 6.45) is 0. The topological polar surface area (TPSA) is 137 Å². The predicted molar refractivity (Wildman–Crippen MR) is 89.0 cm³/mol. The molecule has 1 unspecified atom stereocenters. The summed E-state index contributed by atoms with van der Waals surface area (Å²) in [6, 6.07) is 4.84. The fourth-order valence-corrected chi connectivity index (χ4v) is 3.68. The van der Waals surface area contributed by atoms with Crippen LogP contribution in [0.15, 0.2) is 45.4 Å². The number of carboxylic acid groups (broad SMARTS) is 2. The van der Waals surface area contributed by atoms with Gasteiger partial charge in [-0.25, -0.2) is 14.2 Å². The number of carboxylic acids is 2. The number of benzene rings is 1. The Morgan fingerprint density at radius 1 is 1.19 bits per heavy atom. The largest absolute Gasteiger partial charge is 0.478 e. The zero-order chi connectivity index (χ0) is 19.2. The maximum atomic E-state index is 12.1. The van der Waals surface area contributed by atoms with Crippen molar-refractivity contribution >= 4 is 23.0 Å². The number of aliphatic carboxylic acids is 2. The summed E-state index contributed by atoms with van der Waals surface area (Å²) in [5.41, 5.74) is -0.541. The van der Waals surface area contributed by atoms with Crippen molar-refractivity contribution in [2.45, 2.75) is 19.3 Å². The van der Waals surface area contributed by atoms with E-state index in [1.54, 1.807) is 25.1 Å². The summed E-state index contributed by atoms with van der Waals surface area (Å²) in [4.78, 5) is 25.6. The second-order valence-corrected chi connectivity index (χ2v) is 6.17. The molecule has 0 saturated carbocycles. The number of nitrogens with zero attached hydrogens (tertiary/aromatic N) is 3. The van der Waals surface area contributed by atoms with Crippen molar-refractivity contribution in [3.8, 4) is 0 Å². The van der Waals surface area contributed by atoms with Gasteiger partial charge in [-0.3, -0.25) is 0 Å². The van der Waals surface area contributed by atoms with Gasteiger partial charge in [-0.05, 0) is 35.8 Å². The van der Waals surface area contributed by atoms with Gasteiger partial charge in [-0.1, -0.05) is 12.1 Å². The van der Waals surface area contributed by atoms with Crippen LogP contribution >= 0.6 is 0 Å². The van der Waals surface area contributed by atoms with E-state index in [4.69, 9.17) is 4.63 Å². The van der Waals surface area contributed by atoms with Crippen LogP contribution in [0.5, 0.6) is 0 Å². The molecule has 2 aromatic rings. The molecule has 26 heavy (non-hydrogen) atoms. The molecule has 3 rings (SSSR count).